The molecular weight excluding hydrogens is 300 g/mol. The number of nitrogens with zero attached hydrogens (tertiary/aromatic N) is 1. The number of urea groups is 1. The monoisotopic (exact) mass is 320 g/mol. The lowest BCUT2D eigenvalue weighted by molar-refractivity contribution is -0.143. The van der Waals surface area contributed by atoms with Gasteiger partial charge in [-0.25, -0.2) is 4.79 Å². The van der Waals surface area contributed by atoms with Gasteiger partial charge in [-0.05, 0) is 24.5 Å². The summed E-state index contributed by atoms with van der Waals surface area (Å²) in [5.41, 5.74) is 1.32. The Bertz CT molecular complexity index is 570. The van der Waals surface area contributed by atoms with Crippen molar-refractivity contribution in [1.82, 2.24) is 10.2 Å². The van der Waals surface area contributed by atoms with Gasteiger partial charge in [-0.15, -0.1) is 11.8 Å². The molecule has 6 heteroatoms. The Morgan fingerprint density at radius 3 is 2.73 bits per heavy atom. The number of nitrogens with one attached hydrogen (secondary N) is 1. The Kier molecular flexibility index (Phi) is 4.57. The van der Waals surface area contributed by atoms with Crippen LogP contribution in [0.15, 0.2) is 29.2 Å². The standard InChI is InChI=1S/C16H20N2O3S/c19-15(20)11-5-7-18(8-6-11)16(21)17-9-12-10-22-14-4-2-1-3-13(12)14/h1-4,11-12H,5-10H2,(H,17,21)(H,19,20). The van der Waals surface area contributed by atoms with Gasteiger partial charge in [0.15, 0.2) is 0 Å². The molecular formula is C16H20N2O3S. The number of carboxylic acids is 1. The lowest BCUT2D eigenvalue weighted by Crippen LogP contribution is -2.46. The largest absolute Gasteiger partial charge is 0.481 e. The van der Waals surface area contributed by atoms with Gasteiger partial charge in [0.2, 0.25) is 0 Å². The second kappa shape index (κ2) is 6.60. The summed E-state index contributed by atoms with van der Waals surface area (Å²) in [6.45, 7) is 1.69. The lowest BCUT2D eigenvalue weighted by Gasteiger charge is -2.30. The first-order valence-corrected chi connectivity index (χ1v) is 8.61. The molecule has 0 radical (unpaired) electrons. The molecule has 2 heterocycles. The van der Waals surface area contributed by atoms with Crippen molar-refractivity contribution in [2.75, 3.05) is 25.4 Å². The molecule has 2 aliphatic rings. The number of piperidine rings is 1. The smallest absolute Gasteiger partial charge is 0.317 e. The fraction of sp³-hybridized carbons (Fsp3) is 0.500. The van der Waals surface area contributed by atoms with Gasteiger partial charge in [0.25, 0.3) is 0 Å². The van der Waals surface area contributed by atoms with Crippen molar-refractivity contribution < 1.29 is 14.7 Å². The van der Waals surface area contributed by atoms with Crippen LogP contribution in [0.1, 0.15) is 24.3 Å². The topological polar surface area (TPSA) is 69.6 Å². The molecule has 0 spiro atoms. The van der Waals surface area contributed by atoms with Crippen LogP contribution in [0, 0.1) is 5.92 Å². The van der Waals surface area contributed by atoms with Crippen LogP contribution in [0.4, 0.5) is 4.79 Å². The summed E-state index contributed by atoms with van der Waals surface area (Å²) in [5.74, 6) is 0.310. The highest BCUT2D eigenvalue weighted by Crippen LogP contribution is 2.38. The molecule has 1 unspecified atom stereocenters. The van der Waals surface area contributed by atoms with E-state index in [4.69, 9.17) is 5.11 Å². The van der Waals surface area contributed by atoms with Crippen LogP contribution in [-0.2, 0) is 4.79 Å². The highest BCUT2D eigenvalue weighted by molar-refractivity contribution is 7.99. The van der Waals surface area contributed by atoms with Gasteiger partial charge in [-0.1, -0.05) is 18.2 Å². The molecule has 1 aromatic carbocycles. The van der Waals surface area contributed by atoms with E-state index < -0.39 is 5.97 Å². The lowest BCUT2D eigenvalue weighted by atomic mass is 9.97. The maximum atomic E-state index is 12.2. The van der Waals surface area contributed by atoms with E-state index in [1.54, 1.807) is 4.90 Å². The molecule has 3 rings (SSSR count). The summed E-state index contributed by atoms with van der Waals surface area (Å²) in [4.78, 5) is 26.2. The van der Waals surface area contributed by atoms with E-state index >= 15 is 0 Å². The zero-order valence-corrected chi connectivity index (χ0v) is 13.1. The molecule has 0 bridgehead atoms. The van der Waals surface area contributed by atoms with Crippen LogP contribution in [0.2, 0.25) is 0 Å². The van der Waals surface area contributed by atoms with Crippen LogP contribution in [-0.4, -0.2) is 47.4 Å². The minimum atomic E-state index is -0.750. The van der Waals surface area contributed by atoms with Crippen LogP contribution >= 0.6 is 11.8 Å². The maximum absolute atomic E-state index is 12.2. The SMILES string of the molecule is O=C(O)C1CCN(C(=O)NCC2CSc3ccccc32)CC1. The van der Waals surface area contributed by atoms with Gasteiger partial charge < -0.3 is 15.3 Å². The molecule has 1 saturated heterocycles. The van der Waals surface area contributed by atoms with Gasteiger partial charge in [-0.2, -0.15) is 0 Å². The average molecular weight is 320 g/mol. The van der Waals surface area contributed by atoms with Crippen LogP contribution < -0.4 is 5.32 Å². The minimum absolute atomic E-state index is 0.0711. The van der Waals surface area contributed by atoms with Gasteiger partial charge in [0, 0.05) is 36.2 Å². The average Bonchev–Trinajstić information content (AvgIpc) is 2.96. The number of aliphatic carboxylic acids is 1. The molecule has 0 saturated carbocycles. The van der Waals surface area contributed by atoms with Crippen LogP contribution in [0.5, 0.6) is 0 Å². The van der Waals surface area contributed by atoms with Gasteiger partial charge in [-0.3, -0.25) is 4.79 Å². The first-order chi connectivity index (χ1) is 10.6. The normalized spacial score (nSPS) is 21.5. The van der Waals surface area contributed by atoms with E-state index in [0.29, 0.717) is 38.4 Å². The molecule has 1 fully saturated rings. The van der Waals surface area contributed by atoms with Gasteiger partial charge in [0.1, 0.15) is 0 Å². The number of amides is 2. The fourth-order valence-corrected chi connectivity index (χ4v) is 4.30. The van der Waals surface area contributed by atoms with Crippen molar-refractivity contribution in [3.63, 3.8) is 0 Å². The first kappa shape index (κ1) is 15.2. The molecule has 1 aromatic rings. The van der Waals surface area contributed by atoms with Crippen molar-refractivity contribution >= 4 is 23.8 Å². The Hall–Kier alpha value is -1.69. The number of carboxylic acid groups (broad SMARTS) is 1. The molecule has 2 N–H and O–H groups in total. The Balaban J connectivity index is 1.49. The number of likely N-dealkylation sites (tertiary alicyclic amines) is 1. The second-order valence-corrected chi connectivity index (χ2v) is 6.89. The predicted octanol–water partition coefficient (Wildman–Crippen LogP) is 2.38. The zero-order valence-electron chi connectivity index (χ0n) is 12.3. The van der Waals surface area contributed by atoms with Gasteiger partial charge in [0.05, 0.1) is 5.92 Å². The second-order valence-electron chi connectivity index (χ2n) is 5.83. The Morgan fingerprint density at radius 2 is 2.00 bits per heavy atom. The fourth-order valence-electron chi connectivity index (χ4n) is 3.05. The predicted molar refractivity (Wildman–Crippen MR) is 85.2 cm³/mol. The molecule has 5 nitrogen and oxygen atoms in total. The number of rotatable bonds is 3. The van der Waals surface area contributed by atoms with E-state index in [1.807, 2.05) is 23.9 Å². The van der Waals surface area contributed by atoms with E-state index in [1.165, 1.54) is 10.5 Å². The van der Waals surface area contributed by atoms with E-state index in [-0.39, 0.29) is 11.9 Å². The Labute approximate surface area is 134 Å². The zero-order chi connectivity index (χ0) is 15.5. The van der Waals surface area contributed by atoms with Crippen molar-refractivity contribution in [1.29, 1.82) is 0 Å². The number of carbonyl (C=O) groups is 2. The third-order valence-corrected chi connectivity index (χ3v) is 5.68. The molecule has 2 aliphatic heterocycles. The summed E-state index contributed by atoms with van der Waals surface area (Å²) < 4.78 is 0. The van der Waals surface area contributed by atoms with E-state index in [0.717, 1.165) is 5.75 Å². The molecule has 0 aliphatic carbocycles. The summed E-state index contributed by atoms with van der Waals surface area (Å²) in [6.07, 6.45) is 1.09. The van der Waals surface area contributed by atoms with E-state index in [2.05, 4.69) is 17.4 Å². The highest BCUT2D eigenvalue weighted by atomic mass is 32.2. The van der Waals surface area contributed by atoms with Crippen molar-refractivity contribution in [2.24, 2.45) is 5.92 Å². The number of hydrogen-bond donors (Lipinski definition) is 2. The summed E-state index contributed by atoms with van der Waals surface area (Å²) in [7, 11) is 0. The number of fused-ring (bicyclic) bond motifs is 1. The molecule has 0 aromatic heterocycles. The summed E-state index contributed by atoms with van der Waals surface area (Å²) in [6, 6.07) is 8.26. The van der Waals surface area contributed by atoms with Crippen LogP contribution in [0.3, 0.4) is 0 Å². The first-order valence-electron chi connectivity index (χ1n) is 7.62. The third kappa shape index (κ3) is 3.21. The Morgan fingerprint density at radius 1 is 1.27 bits per heavy atom. The van der Waals surface area contributed by atoms with Crippen molar-refractivity contribution in [3.05, 3.63) is 29.8 Å². The molecule has 2 amide bonds. The number of carbonyl (C=O) groups excluding carboxylic acids is 1. The van der Waals surface area contributed by atoms with Gasteiger partial charge >= 0.3 is 12.0 Å². The molecule has 118 valence electrons. The molecule has 22 heavy (non-hydrogen) atoms. The maximum Gasteiger partial charge on any atom is 0.317 e. The minimum Gasteiger partial charge on any atom is -0.481 e. The van der Waals surface area contributed by atoms with E-state index in [9.17, 15) is 9.59 Å². The quantitative estimate of drug-likeness (QED) is 0.897. The van der Waals surface area contributed by atoms with Crippen molar-refractivity contribution in [2.45, 2.75) is 23.7 Å². The summed E-state index contributed by atoms with van der Waals surface area (Å²) >= 11 is 1.84. The molecule has 1 atom stereocenters. The van der Waals surface area contributed by atoms with Crippen LogP contribution in [0.25, 0.3) is 0 Å². The number of thioether (sulfide) groups is 1. The number of benzene rings is 1. The number of hydrogen-bond acceptors (Lipinski definition) is 3. The summed E-state index contributed by atoms with van der Waals surface area (Å²) in [5, 5.41) is 12.0. The van der Waals surface area contributed by atoms with Crippen molar-refractivity contribution in [3.8, 4) is 0 Å². The third-order valence-electron chi connectivity index (χ3n) is 4.43. The highest BCUT2D eigenvalue weighted by Gasteiger charge is 2.28.